The van der Waals surface area contributed by atoms with E-state index in [0.29, 0.717) is 0 Å². The van der Waals surface area contributed by atoms with Gasteiger partial charge in [-0.2, -0.15) is 0 Å². The van der Waals surface area contributed by atoms with E-state index in [-0.39, 0.29) is 0 Å². The maximum absolute atomic E-state index is 8.50. The molecule has 0 aliphatic rings. The second-order valence-corrected chi connectivity index (χ2v) is 0.683. The Morgan fingerprint density at radius 1 is 1.17 bits per heavy atom. The van der Waals surface area contributed by atoms with Crippen LogP contribution in [0.4, 0.5) is 0 Å². The van der Waals surface area contributed by atoms with Gasteiger partial charge in [-0.25, -0.2) is 0 Å². The van der Waals surface area contributed by atoms with Gasteiger partial charge in [0.1, 0.15) is 0 Å². The molecular formula is GeO4Si. The fraction of sp³-hybridized carbons (Fsp3) is 0. The molecule has 0 heterocycles. The number of hydrogen-bond acceptors (Lipinski definition) is 4. The summed E-state index contributed by atoms with van der Waals surface area (Å²) >= 11 is -2.00. The average Bonchev–Trinajstić information content (AvgIpc) is 1.39. The van der Waals surface area contributed by atoms with E-state index in [0.717, 1.165) is 0 Å². The van der Waals surface area contributed by atoms with E-state index in [1.54, 1.807) is 0 Å². The molecule has 6 heavy (non-hydrogen) atoms. The summed E-state index contributed by atoms with van der Waals surface area (Å²) in [4.78, 5) is 0. The van der Waals surface area contributed by atoms with Crippen molar-refractivity contribution >= 4 is 24.6 Å². The Bertz CT molecular complexity index is 61.5. The first-order valence-corrected chi connectivity index (χ1v) is 3.35. The molecule has 0 aliphatic heterocycles. The summed E-state index contributed by atoms with van der Waals surface area (Å²) in [5.74, 6) is 0. The van der Waals surface area contributed by atoms with E-state index in [9.17, 15) is 0 Å². The van der Waals surface area contributed by atoms with Gasteiger partial charge in [0, 0.05) is 0 Å². The van der Waals surface area contributed by atoms with E-state index >= 15 is 0 Å². The summed E-state index contributed by atoms with van der Waals surface area (Å²) in [5, 5.41) is 0. The van der Waals surface area contributed by atoms with Crippen LogP contribution in [0, 0.1) is 0 Å². The second kappa shape index (κ2) is 20.2. The van der Waals surface area contributed by atoms with Gasteiger partial charge in [-0.05, 0) is 0 Å². The van der Waals surface area contributed by atoms with E-state index in [1.807, 2.05) is 0 Å². The molecule has 0 spiro atoms. The molecule has 0 atom stereocenters. The fourth-order valence-electron chi connectivity index (χ4n) is 0. The van der Waals surface area contributed by atoms with Crippen LogP contribution in [0.2, 0.25) is 0 Å². The van der Waals surface area contributed by atoms with Crippen LogP contribution in [0.5, 0.6) is 0 Å². The van der Waals surface area contributed by atoms with Gasteiger partial charge in [0.2, 0.25) is 0 Å². The quantitative estimate of drug-likeness (QED) is 0.421. The van der Waals surface area contributed by atoms with Gasteiger partial charge in [-0.15, -0.1) is 0 Å². The third-order valence-corrected chi connectivity index (χ3v) is 0. The molecule has 0 rings (SSSR count). The van der Waals surface area contributed by atoms with Crippen molar-refractivity contribution < 1.29 is 16.5 Å². The molecule has 0 aliphatic carbocycles. The predicted octanol–water partition coefficient (Wildman–Crippen LogP) is -1.24. The summed E-state index contributed by atoms with van der Waals surface area (Å²) < 4.78 is 33.8. The van der Waals surface area contributed by atoms with Gasteiger partial charge in [0.15, 0.2) is 0 Å². The van der Waals surface area contributed by atoms with Crippen LogP contribution < -0.4 is 0 Å². The van der Waals surface area contributed by atoms with Crippen molar-refractivity contribution in [3.63, 3.8) is 0 Å². The Hall–Kier alpha value is -0.0403. The molecule has 6 heteroatoms. The van der Waals surface area contributed by atoms with E-state index in [4.69, 9.17) is 16.5 Å². The first-order chi connectivity index (χ1) is 2.83. The Kier molecular flexibility index (Phi) is 31.6. The monoisotopic (exact) mass is 166 g/mol. The molecule has 32 valence electrons. The van der Waals surface area contributed by atoms with Crippen molar-refractivity contribution in [2.45, 2.75) is 0 Å². The molecule has 4 nitrogen and oxygen atoms in total. The second-order valence-electron chi connectivity index (χ2n) is 0.167. The van der Waals surface area contributed by atoms with Crippen LogP contribution in [-0.4, -0.2) is 24.6 Å². The zero-order valence-electron chi connectivity index (χ0n) is 2.63. The van der Waals surface area contributed by atoms with Gasteiger partial charge < -0.3 is 0 Å². The van der Waals surface area contributed by atoms with Crippen LogP contribution in [-0.2, 0) is 16.5 Å². The summed E-state index contributed by atoms with van der Waals surface area (Å²) in [6.45, 7) is 0. The molecule has 0 saturated carbocycles. The van der Waals surface area contributed by atoms with Crippen molar-refractivity contribution in [3.8, 4) is 0 Å². The predicted molar refractivity (Wildman–Crippen MR) is 14.3 cm³/mol. The fourth-order valence-corrected chi connectivity index (χ4v) is 0. The molecule has 0 aromatic carbocycles. The standard InChI is InChI=1S/GeO2.O2Si/c2-1-3;1-3-2. The van der Waals surface area contributed by atoms with Crippen molar-refractivity contribution in [3.05, 3.63) is 0 Å². The molecule has 0 bridgehead atoms. The molecular weight excluding hydrogens is 165 g/mol. The Labute approximate surface area is 41.8 Å². The molecule has 0 fully saturated rings. The first kappa shape index (κ1) is 9.35. The maximum atomic E-state index is 8.50. The third kappa shape index (κ3) is 21400. The molecule has 0 aromatic heterocycles. The zero-order valence-corrected chi connectivity index (χ0v) is 5.73. The van der Waals surface area contributed by atoms with Gasteiger partial charge >= 0.3 is 32.2 Å². The summed E-state index contributed by atoms with van der Waals surface area (Å²) in [6.07, 6.45) is 0. The first-order valence-electron chi connectivity index (χ1n) is 0.816. The summed E-state index contributed by atoms with van der Waals surface area (Å²) in [5.41, 5.74) is 0. The Morgan fingerprint density at radius 2 is 1.17 bits per heavy atom. The van der Waals surface area contributed by atoms with Crippen LogP contribution in [0.25, 0.3) is 0 Å². The molecule has 0 unspecified atom stereocenters. The van der Waals surface area contributed by atoms with Gasteiger partial charge in [0.05, 0.1) is 0 Å². The van der Waals surface area contributed by atoms with Crippen molar-refractivity contribution in [1.82, 2.24) is 0 Å². The van der Waals surface area contributed by atoms with E-state index in [1.165, 1.54) is 0 Å². The molecule has 0 aromatic rings. The van der Waals surface area contributed by atoms with Crippen LogP contribution in [0.3, 0.4) is 0 Å². The van der Waals surface area contributed by atoms with Gasteiger partial charge in [-0.3, -0.25) is 8.92 Å². The Morgan fingerprint density at radius 3 is 1.17 bits per heavy atom. The molecule has 0 radical (unpaired) electrons. The summed E-state index contributed by atoms with van der Waals surface area (Å²) in [6, 6.07) is 0. The summed E-state index contributed by atoms with van der Waals surface area (Å²) in [7, 11) is -1.42. The number of rotatable bonds is 0. The van der Waals surface area contributed by atoms with Crippen molar-refractivity contribution in [2.75, 3.05) is 0 Å². The minimum absolute atomic E-state index is 1.42. The SMILES string of the molecule is O=[Si]=O.[O]=[Ge]=[O]. The topological polar surface area (TPSA) is 68.3 Å². The normalized spacial score (nSPS) is 2.67. The van der Waals surface area contributed by atoms with Crippen molar-refractivity contribution in [1.29, 1.82) is 0 Å². The van der Waals surface area contributed by atoms with Gasteiger partial charge in [-0.1, -0.05) is 0 Å². The van der Waals surface area contributed by atoms with E-state index in [2.05, 4.69) is 0 Å². The molecule has 0 N–H and O–H groups in total. The van der Waals surface area contributed by atoms with Crippen LogP contribution in [0.15, 0.2) is 0 Å². The molecule has 0 saturated heterocycles. The van der Waals surface area contributed by atoms with Crippen LogP contribution in [0.1, 0.15) is 0 Å². The third-order valence-electron chi connectivity index (χ3n) is 0. The van der Waals surface area contributed by atoms with E-state index < -0.39 is 24.6 Å². The van der Waals surface area contributed by atoms with Gasteiger partial charge in [0.25, 0.3) is 0 Å². The minimum atomic E-state index is -2.00. The number of hydrogen-bond donors (Lipinski definition) is 0. The van der Waals surface area contributed by atoms with Crippen molar-refractivity contribution in [2.24, 2.45) is 0 Å². The Balaban J connectivity index is 0. The molecule has 0 amide bonds. The van der Waals surface area contributed by atoms with Crippen LogP contribution >= 0.6 is 0 Å². The average molecular weight is 165 g/mol. The zero-order chi connectivity index (χ0) is 5.41.